The number of carbonyl (C=O) groups is 2. The number of anilines is 1. The highest BCUT2D eigenvalue weighted by atomic mass is 127. The lowest BCUT2D eigenvalue weighted by Crippen LogP contribution is -2.28. The first kappa shape index (κ1) is 25.5. The molecule has 0 bridgehead atoms. The third kappa shape index (κ3) is 6.70. The SMILES string of the molecule is CC(C)c1cc(I)ccc1NC(=O)CSc1nnc([C@H](C)NC(=O)c2cccc(Cl)c2)n1C. The summed E-state index contributed by atoms with van der Waals surface area (Å²) in [4.78, 5) is 25.1. The number of carbonyl (C=O) groups excluding carboxylic acids is 2. The Hall–Kier alpha value is -2.11. The van der Waals surface area contributed by atoms with Crippen LogP contribution in [0.4, 0.5) is 5.69 Å². The smallest absolute Gasteiger partial charge is 0.251 e. The van der Waals surface area contributed by atoms with Gasteiger partial charge in [-0.25, -0.2) is 0 Å². The van der Waals surface area contributed by atoms with Crippen LogP contribution in [-0.2, 0) is 11.8 Å². The highest BCUT2D eigenvalue weighted by Gasteiger charge is 2.19. The molecule has 0 radical (unpaired) electrons. The zero-order chi connectivity index (χ0) is 24.1. The number of hydrogen-bond donors (Lipinski definition) is 2. The molecule has 33 heavy (non-hydrogen) atoms. The molecule has 1 heterocycles. The molecule has 3 aromatic rings. The van der Waals surface area contributed by atoms with Gasteiger partial charge in [0.15, 0.2) is 11.0 Å². The maximum Gasteiger partial charge on any atom is 0.251 e. The zero-order valence-corrected chi connectivity index (χ0v) is 22.5. The molecule has 0 fully saturated rings. The maximum absolute atomic E-state index is 12.6. The average molecular weight is 598 g/mol. The van der Waals surface area contributed by atoms with Gasteiger partial charge in [0, 0.05) is 26.9 Å². The van der Waals surface area contributed by atoms with Crippen molar-refractivity contribution < 1.29 is 9.59 Å². The van der Waals surface area contributed by atoms with E-state index in [1.165, 1.54) is 11.8 Å². The quantitative estimate of drug-likeness (QED) is 0.268. The van der Waals surface area contributed by atoms with Gasteiger partial charge in [-0.1, -0.05) is 43.3 Å². The highest BCUT2D eigenvalue weighted by molar-refractivity contribution is 14.1. The summed E-state index contributed by atoms with van der Waals surface area (Å²) < 4.78 is 2.91. The van der Waals surface area contributed by atoms with Crippen molar-refractivity contribution in [3.63, 3.8) is 0 Å². The molecule has 2 N–H and O–H groups in total. The average Bonchev–Trinajstić information content (AvgIpc) is 3.13. The molecule has 0 aliphatic heterocycles. The summed E-state index contributed by atoms with van der Waals surface area (Å²) in [6.07, 6.45) is 0. The van der Waals surface area contributed by atoms with E-state index in [1.807, 2.05) is 26.1 Å². The van der Waals surface area contributed by atoms with Crippen molar-refractivity contribution in [1.29, 1.82) is 0 Å². The zero-order valence-electron chi connectivity index (χ0n) is 18.7. The summed E-state index contributed by atoms with van der Waals surface area (Å²) in [6, 6.07) is 12.4. The molecule has 2 amide bonds. The molecule has 0 aliphatic carbocycles. The lowest BCUT2D eigenvalue weighted by atomic mass is 10.0. The number of thioether (sulfide) groups is 1. The molecule has 1 atom stereocenters. The topological polar surface area (TPSA) is 88.9 Å². The summed E-state index contributed by atoms with van der Waals surface area (Å²) in [5, 5.41) is 15.4. The summed E-state index contributed by atoms with van der Waals surface area (Å²) in [7, 11) is 1.81. The van der Waals surface area contributed by atoms with Crippen LogP contribution in [0.2, 0.25) is 5.02 Å². The van der Waals surface area contributed by atoms with E-state index in [2.05, 4.69) is 63.3 Å². The van der Waals surface area contributed by atoms with Gasteiger partial charge in [0.1, 0.15) is 0 Å². The Labute approximate surface area is 216 Å². The van der Waals surface area contributed by atoms with Gasteiger partial charge in [0.25, 0.3) is 5.91 Å². The van der Waals surface area contributed by atoms with E-state index in [-0.39, 0.29) is 23.6 Å². The number of aromatic nitrogens is 3. The van der Waals surface area contributed by atoms with Crippen LogP contribution in [0.3, 0.4) is 0 Å². The van der Waals surface area contributed by atoms with Gasteiger partial charge in [-0.15, -0.1) is 10.2 Å². The van der Waals surface area contributed by atoms with E-state index in [9.17, 15) is 9.59 Å². The molecule has 174 valence electrons. The van der Waals surface area contributed by atoms with Crippen LogP contribution in [0.25, 0.3) is 0 Å². The number of nitrogens with one attached hydrogen (secondary N) is 2. The predicted molar refractivity (Wildman–Crippen MR) is 141 cm³/mol. The second-order valence-corrected chi connectivity index (χ2v) is 10.5. The van der Waals surface area contributed by atoms with Crippen LogP contribution in [-0.4, -0.2) is 32.3 Å². The number of benzene rings is 2. The van der Waals surface area contributed by atoms with E-state index < -0.39 is 0 Å². The van der Waals surface area contributed by atoms with E-state index in [0.717, 1.165) is 14.8 Å². The fourth-order valence-electron chi connectivity index (χ4n) is 3.24. The van der Waals surface area contributed by atoms with Gasteiger partial charge in [-0.2, -0.15) is 0 Å². The Kier molecular flexibility index (Phi) is 8.77. The van der Waals surface area contributed by atoms with E-state index in [4.69, 9.17) is 11.6 Å². The predicted octanol–water partition coefficient (Wildman–Crippen LogP) is 5.42. The number of rotatable bonds is 8. The minimum atomic E-state index is -0.377. The number of hydrogen-bond acceptors (Lipinski definition) is 5. The maximum atomic E-state index is 12.6. The number of amides is 2. The summed E-state index contributed by atoms with van der Waals surface area (Å²) in [5.41, 5.74) is 2.40. The Morgan fingerprint density at radius 2 is 1.91 bits per heavy atom. The van der Waals surface area contributed by atoms with Crippen molar-refractivity contribution in [1.82, 2.24) is 20.1 Å². The first-order chi connectivity index (χ1) is 15.7. The van der Waals surface area contributed by atoms with Crippen molar-refractivity contribution >= 4 is 63.5 Å². The van der Waals surface area contributed by atoms with Gasteiger partial charge in [0.05, 0.1) is 11.8 Å². The fraction of sp³-hybridized carbons (Fsp3) is 0.304. The molecule has 3 rings (SSSR count). The van der Waals surface area contributed by atoms with Gasteiger partial charge in [-0.05, 0) is 77.4 Å². The monoisotopic (exact) mass is 597 g/mol. The molecule has 0 unspecified atom stereocenters. The molecule has 0 saturated carbocycles. The van der Waals surface area contributed by atoms with Gasteiger partial charge < -0.3 is 15.2 Å². The third-order valence-electron chi connectivity index (χ3n) is 4.93. The lowest BCUT2D eigenvalue weighted by Gasteiger charge is -2.15. The number of nitrogens with zero attached hydrogens (tertiary/aromatic N) is 3. The van der Waals surface area contributed by atoms with Gasteiger partial charge in [0.2, 0.25) is 5.91 Å². The van der Waals surface area contributed by atoms with Crippen molar-refractivity contribution in [2.75, 3.05) is 11.1 Å². The van der Waals surface area contributed by atoms with Crippen molar-refractivity contribution in [2.45, 2.75) is 37.9 Å². The molecule has 0 saturated heterocycles. The molecule has 7 nitrogen and oxygen atoms in total. The molecule has 10 heteroatoms. The van der Waals surface area contributed by atoms with Gasteiger partial charge in [-0.3, -0.25) is 9.59 Å². The highest BCUT2D eigenvalue weighted by Crippen LogP contribution is 2.27. The van der Waals surface area contributed by atoms with Crippen LogP contribution >= 0.6 is 46.0 Å². The van der Waals surface area contributed by atoms with Crippen LogP contribution in [0.15, 0.2) is 47.6 Å². The second kappa shape index (κ2) is 11.3. The molecule has 0 spiro atoms. The standard InChI is InChI=1S/C23H25ClIN5O2S/c1-13(2)18-11-17(25)8-9-19(18)27-20(31)12-33-23-29-28-21(30(23)4)14(3)26-22(32)15-6-5-7-16(24)10-15/h5-11,13-14H,12H2,1-4H3,(H,26,32)(H,27,31)/t14-/m0/s1. The molecular weight excluding hydrogens is 573 g/mol. The molecular formula is C23H25ClIN5O2S. The largest absolute Gasteiger partial charge is 0.342 e. The first-order valence-electron chi connectivity index (χ1n) is 10.3. The van der Waals surface area contributed by atoms with Gasteiger partial charge >= 0.3 is 0 Å². The molecule has 1 aromatic heterocycles. The van der Waals surface area contributed by atoms with E-state index in [0.29, 0.717) is 27.5 Å². The minimum absolute atomic E-state index is 0.116. The van der Waals surface area contributed by atoms with Crippen LogP contribution in [0.1, 0.15) is 54.5 Å². The Bertz CT molecular complexity index is 1170. The Morgan fingerprint density at radius 1 is 1.15 bits per heavy atom. The summed E-state index contributed by atoms with van der Waals surface area (Å²) in [6.45, 7) is 6.03. The van der Waals surface area contributed by atoms with Crippen LogP contribution in [0.5, 0.6) is 0 Å². The minimum Gasteiger partial charge on any atom is -0.342 e. The normalized spacial score (nSPS) is 12.0. The molecule has 0 aliphatic rings. The fourth-order valence-corrected chi connectivity index (χ4v) is 4.67. The summed E-state index contributed by atoms with van der Waals surface area (Å²) >= 11 is 9.53. The van der Waals surface area contributed by atoms with Crippen LogP contribution in [0, 0.1) is 3.57 Å². The van der Waals surface area contributed by atoms with Crippen molar-refractivity contribution in [2.24, 2.45) is 7.05 Å². The summed E-state index contributed by atoms with van der Waals surface area (Å²) in [5.74, 6) is 0.717. The Morgan fingerprint density at radius 3 is 2.61 bits per heavy atom. The second-order valence-electron chi connectivity index (χ2n) is 7.83. The third-order valence-corrected chi connectivity index (χ3v) is 6.86. The Balaban J connectivity index is 1.61. The van der Waals surface area contributed by atoms with Crippen molar-refractivity contribution in [3.05, 3.63) is 68.0 Å². The van der Waals surface area contributed by atoms with Crippen molar-refractivity contribution in [3.8, 4) is 0 Å². The first-order valence-corrected chi connectivity index (χ1v) is 12.8. The molecule has 2 aromatic carbocycles. The van der Waals surface area contributed by atoms with E-state index >= 15 is 0 Å². The lowest BCUT2D eigenvalue weighted by molar-refractivity contribution is -0.113. The van der Waals surface area contributed by atoms with Crippen LogP contribution < -0.4 is 10.6 Å². The van der Waals surface area contributed by atoms with E-state index in [1.54, 1.807) is 28.8 Å². The number of halogens is 2.